The van der Waals surface area contributed by atoms with E-state index in [-0.39, 0.29) is 11.7 Å². The molecule has 2 aromatic rings. The van der Waals surface area contributed by atoms with Gasteiger partial charge in [0.15, 0.2) is 0 Å². The number of allylic oxidation sites excluding steroid dienone is 3. The van der Waals surface area contributed by atoms with E-state index >= 15 is 0 Å². The van der Waals surface area contributed by atoms with Gasteiger partial charge in [0.1, 0.15) is 24.0 Å². The fourth-order valence-electron chi connectivity index (χ4n) is 2.91. The van der Waals surface area contributed by atoms with Gasteiger partial charge in [-0.2, -0.15) is 0 Å². The summed E-state index contributed by atoms with van der Waals surface area (Å²) in [5, 5.41) is 9.74. The Morgan fingerprint density at radius 1 is 1.14 bits per heavy atom. The van der Waals surface area contributed by atoms with Crippen molar-refractivity contribution in [2.75, 3.05) is 6.61 Å². The van der Waals surface area contributed by atoms with Gasteiger partial charge in [-0.05, 0) is 76.3 Å². The highest BCUT2D eigenvalue weighted by Crippen LogP contribution is 2.20. The van der Waals surface area contributed by atoms with E-state index in [1.807, 2.05) is 19.1 Å². The van der Waals surface area contributed by atoms with Crippen LogP contribution in [-0.2, 0) is 4.89 Å². The summed E-state index contributed by atoms with van der Waals surface area (Å²) in [4.78, 5) is 15.8. The first-order chi connectivity index (χ1) is 13.9. The first-order valence-corrected chi connectivity index (χ1v) is 9.82. The Bertz CT molecular complexity index is 936. The summed E-state index contributed by atoms with van der Waals surface area (Å²) in [6.45, 7) is 10.3. The largest absolute Gasteiger partial charge is 0.489 e. The minimum Gasteiger partial charge on any atom is -0.489 e. The molecule has 1 heterocycles. The van der Waals surface area contributed by atoms with Crippen molar-refractivity contribution in [3.05, 3.63) is 76.2 Å². The molecule has 1 aromatic heterocycles. The summed E-state index contributed by atoms with van der Waals surface area (Å²) in [6.07, 6.45) is 7.47. The van der Waals surface area contributed by atoms with Crippen LogP contribution in [0.2, 0.25) is 0 Å². The maximum atomic E-state index is 11.3. The molecule has 5 nitrogen and oxygen atoms in total. The lowest BCUT2D eigenvalue weighted by Gasteiger charge is -2.13. The monoisotopic (exact) mass is 398 g/mol. The van der Waals surface area contributed by atoms with E-state index in [4.69, 9.17) is 14.4 Å². The second-order valence-electron chi connectivity index (χ2n) is 7.38. The number of rotatable bonds is 11. The van der Waals surface area contributed by atoms with Gasteiger partial charge < -0.3 is 9.15 Å². The van der Waals surface area contributed by atoms with E-state index in [0.717, 1.165) is 36.6 Å². The van der Waals surface area contributed by atoms with Crippen LogP contribution >= 0.6 is 0 Å². The maximum Gasteiger partial charge on any atom is 0.336 e. The fourth-order valence-corrected chi connectivity index (χ4v) is 2.91. The van der Waals surface area contributed by atoms with Gasteiger partial charge in [-0.25, -0.2) is 9.68 Å². The van der Waals surface area contributed by atoms with Crippen LogP contribution in [0.15, 0.2) is 75.0 Å². The zero-order valence-electron chi connectivity index (χ0n) is 17.4. The highest BCUT2D eigenvalue weighted by atomic mass is 17.1. The van der Waals surface area contributed by atoms with E-state index in [9.17, 15) is 4.79 Å². The zero-order valence-corrected chi connectivity index (χ0v) is 17.4. The Kier molecular flexibility index (Phi) is 8.90. The zero-order chi connectivity index (χ0) is 21.2. The summed E-state index contributed by atoms with van der Waals surface area (Å²) in [6, 6.07) is 8.62. The van der Waals surface area contributed by atoms with E-state index in [1.165, 1.54) is 17.2 Å². The Hall–Kier alpha value is -2.63. The lowest BCUT2D eigenvalue weighted by atomic mass is 10.0. The van der Waals surface area contributed by atoms with Crippen molar-refractivity contribution in [3.63, 3.8) is 0 Å². The number of fused-ring (bicyclic) bond motifs is 1. The minimum atomic E-state index is -0.368. The second kappa shape index (κ2) is 11.4. The molecule has 0 aliphatic carbocycles. The summed E-state index contributed by atoms with van der Waals surface area (Å²) in [7, 11) is 0. The minimum absolute atomic E-state index is 0.305. The molecule has 0 radical (unpaired) electrons. The molecule has 0 fully saturated rings. The lowest BCUT2D eigenvalue weighted by Crippen LogP contribution is -2.11. The van der Waals surface area contributed by atoms with Crippen LogP contribution in [0, 0.1) is 0 Å². The van der Waals surface area contributed by atoms with Crippen LogP contribution in [-0.4, -0.2) is 18.0 Å². The summed E-state index contributed by atoms with van der Waals surface area (Å²) >= 11 is 0. The normalized spacial score (nSPS) is 13.5. The number of hydrogen-bond donors (Lipinski definition) is 1. The van der Waals surface area contributed by atoms with Gasteiger partial charge in [0.25, 0.3) is 0 Å². The van der Waals surface area contributed by atoms with Crippen molar-refractivity contribution >= 4 is 11.0 Å². The molecule has 0 aliphatic heterocycles. The third kappa shape index (κ3) is 7.72. The van der Waals surface area contributed by atoms with E-state index < -0.39 is 0 Å². The summed E-state index contributed by atoms with van der Waals surface area (Å²) < 4.78 is 10.9. The van der Waals surface area contributed by atoms with Crippen molar-refractivity contribution in [3.8, 4) is 5.75 Å². The Labute approximate surface area is 171 Å². The molecule has 156 valence electrons. The smallest absolute Gasteiger partial charge is 0.336 e. The number of hydrogen-bond acceptors (Lipinski definition) is 5. The quantitative estimate of drug-likeness (QED) is 0.216. The third-order valence-corrected chi connectivity index (χ3v) is 4.79. The molecule has 2 rings (SSSR count). The molecular formula is C24H30O5. The third-order valence-electron chi connectivity index (χ3n) is 4.79. The van der Waals surface area contributed by atoms with Gasteiger partial charge in [0.2, 0.25) is 0 Å². The standard InChI is InChI=1S/C24H30O5/c1-17(2)22(29-26)12-8-18(3)6-5-7-19(4)14-15-27-21-11-9-20-10-13-24(25)28-23(20)16-21/h6,9-11,13-14,16,22,26H,1,5,7-8,12,15H2,2-4H3/b18-6+,19-14+/t22-/m1/s1. The topological polar surface area (TPSA) is 68.9 Å². The number of ether oxygens (including phenoxy) is 1. The SMILES string of the molecule is C=C(C)[C@@H](CC/C(C)=C/CC/C(C)=C/COc1ccc2ccc(=O)oc2c1)OO. The molecule has 0 unspecified atom stereocenters. The molecule has 1 aromatic carbocycles. The van der Waals surface area contributed by atoms with Crippen LogP contribution in [0.5, 0.6) is 5.75 Å². The molecular weight excluding hydrogens is 368 g/mol. The predicted molar refractivity (Wildman–Crippen MR) is 116 cm³/mol. The molecule has 0 amide bonds. The van der Waals surface area contributed by atoms with Gasteiger partial charge in [-0.3, -0.25) is 5.26 Å². The Morgan fingerprint density at radius 2 is 1.86 bits per heavy atom. The van der Waals surface area contributed by atoms with Gasteiger partial charge in [-0.15, -0.1) is 0 Å². The van der Waals surface area contributed by atoms with Crippen LogP contribution in [0.4, 0.5) is 0 Å². The number of benzene rings is 1. The first kappa shape index (κ1) is 22.7. The van der Waals surface area contributed by atoms with Crippen LogP contribution in [0.25, 0.3) is 11.0 Å². The van der Waals surface area contributed by atoms with Gasteiger partial charge >= 0.3 is 5.63 Å². The van der Waals surface area contributed by atoms with Gasteiger partial charge in [0, 0.05) is 17.5 Å². The van der Waals surface area contributed by atoms with Crippen LogP contribution < -0.4 is 10.4 Å². The van der Waals surface area contributed by atoms with Crippen LogP contribution in [0.1, 0.15) is 46.5 Å². The molecule has 0 aliphatic rings. The Morgan fingerprint density at radius 3 is 2.59 bits per heavy atom. The van der Waals surface area contributed by atoms with E-state index in [1.54, 1.807) is 12.1 Å². The predicted octanol–water partition coefficient (Wildman–Crippen LogP) is 6.06. The summed E-state index contributed by atoms with van der Waals surface area (Å²) in [5.41, 5.74) is 3.51. The maximum absolute atomic E-state index is 11.3. The van der Waals surface area contributed by atoms with Crippen molar-refractivity contribution < 1.29 is 19.3 Å². The van der Waals surface area contributed by atoms with Crippen molar-refractivity contribution in [1.82, 2.24) is 0 Å². The van der Waals surface area contributed by atoms with Crippen molar-refractivity contribution in [2.45, 2.75) is 52.6 Å². The molecule has 0 bridgehead atoms. The average molecular weight is 398 g/mol. The second-order valence-corrected chi connectivity index (χ2v) is 7.38. The molecule has 0 spiro atoms. The summed E-state index contributed by atoms with van der Waals surface area (Å²) in [5.74, 6) is 0.671. The molecule has 0 saturated heterocycles. The molecule has 1 N–H and O–H groups in total. The first-order valence-electron chi connectivity index (χ1n) is 9.82. The highest BCUT2D eigenvalue weighted by molar-refractivity contribution is 5.77. The highest BCUT2D eigenvalue weighted by Gasteiger charge is 2.09. The molecule has 29 heavy (non-hydrogen) atoms. The van der Waals surface area contributed by atoms with Crippen molar-refractivity contribution in [1.29, 1.82) is 0 Å². The van der Waals surface area contributed by atoms with E-state index in [2.05, 4.69) is 37.5 Å². The van der Waals surface area contributed by atoms with Crippen molar-refractivity contribution in [2.24, 2.45) is 0 Å². The van der Waals surface area contributed by atoms with Gasteiger partial charge in [-0.1, -0.05) is 23.8 Å². The Balaban J connectivity index is 1.77. The average Bonchev–Trinajstić information content (AvgIpc) is 2.68. The lowest BCUT2D eigenvalue weighted by molar-refractivity contribution is -0.269. The van der Waals surface area contributed by atoms with E-state index in [0.29, 0.717) is 17.9 Å². The molecule has 5 heteroatoms. The molecule has 1 atom stereocenters. The van der Waals surface area contributed by atoms with Crippen LogP contribution in [0.3, 0.4) is 0 Å². The molecule has 0 saturated carbocycles. The fraction of sp³-hybridized carbons (Fsp3) is 0.375. The van der Waals surface area contributed by atoms with Gasteiger partial charge in [0.05, 0.1) is 0 Å².